The highest BCUT2D eigenvalue weighted by Gasteiger charge is 2.39. The smallest absolute Gasteiger partial charge is 0.0116 e. The van der Waals surface area contributed by atoms with Gasteiger partial charge in [-0.3, -0.25) is 4.90 Å². The lowest BCUT2D eigenvalue weighted by atomic mass is 9.80. The Balaban J connectivity index is 1.69. The third-order valence-electron chi connectivity index (χ3n) is 5.06. The standard InChI is InChI=1S/C16H26N2S/c1-12(8-13-6-7-19-11-13)18-15-4-3-5-16(18)10-14(9-15)17-2/h6-7,11-12,14-17H,3-5,8-10H2,1-2H3. The molecular formula is C16H26N2S. The molecule has 3 heteroatoms. The normalized spacial score (nSPS) is 33.3. The van der Waals surface area contributed by atoms with Gasteiger partial charge in [-0.15, -0.1) is 0 Å². The average Bonchev–Trinajstić information content (AvgIpc) is 2.89. The number of piperidine rings is 2. The molecule has 0 saturated carbocycles. The van der Waals surface area contributed by atoms with E-state index >= 15 is 0 Å². The highest BCUT2D eigenvalue weighted by atomic mass is 32.1. The number of nitrogens with one attached hydrogen (secondary N) is 1. The molecule has 1 aromatic heterocycles. The Morgan fingerprint density at radius 2 is 2.11 bits per heavy atom. The second kappa shape index (κ2) is 5.94. The molecule has 0 aromatic carbocycles. The van der Waals surface area contributed by atoms with E-state index in [1.54, 1.807) is 0 Å². The minimum atomic E-state index is 0.697. The summed E-state index contributed by atoms with van der Waals surface area (Å²) in [6, 6.07) is 5.37. The van der Waals surface area contributed by atoms with Gasteiger partial charge in [0, 0.05) is 24.2 Å². The molecule has 2 fully saturated rings. The van der Waals surface area contributed by atoms with Gasteiger partial charge in [0.2, 0.25) is 0 Å². The summed E-state index contributed by atoms with van der Waals surface area (Å²) in [5.41, 5.74) is 1.52. The van der Waals surface area contributed by atoms with Crippen LogP contribution in [0.5, 0.6) is 0 Å². The van der Waals surface area contributed by atoms with E-state index in [1.807, 2.05) is 11.3 Å². The van der Waals surface area contributed by atoms with Crippen molar-refractivity contribution >= 4 is 11.3 Å². The fourth-order valence-electron chi connectivity index (χ4n) is 4.23. The van der Waals surface area contributed by atoms with Gasteiger partial charge in [0.15, 0.2) is 0 Å². The van der Waals surface area contributed by atoms with Crippen molar-refractivity contribution in [3.8, 4) is 0 Å². The molecule has 3 unspecified atom stereocenters. The molecule has 0 radical (unpaired) electrons. The zero-order valence-corrected chi connectivity index (χ0v) is 13.0. The van der Waals surface area contributed by atoms with Crippen molar-refractivity contribution in [2.24, 2.45) is 0 Å². The number of thiophene rings is 1. The third kappa shape index (κ3) is 2.88. The van der Waals surface area contributed by atoms with Crippen molar-refractivity contribution in [1.82, 2.24) is 10.2 Å². The van der Waals surface area contributed by atoms with Crippen LogP contribution < -0.4 is 5.32 Å². The van der Waals surface area contributed by atoms with Crippen LogP contribution in [-0.2, 0) is 6.42 Å². The van der Waals surface area contributed by atoms with Crippen LogP contribution in [0.4, 0.5) is 0 Å². The zero-order chi connectivity index (χ0) is 13.2. The summed E-state index contributed by atoms with van der Waals surface area (Å²) >= 11 is 1.83. The molecule has 19 heavy (non-hydrogen) atoms. The molecule has 2 aliphatic heterocycles. The number of hydrogen-bond donors (Lipinski definition) is 1. The van der Waals surface area contributed by atoms with Gasteiger partial charge in [-0.2, -0.15) is 11.3 Å². The van der Waals surface area contributed by atoms with Crippen molar-refractivity contribution in [1.29, 1.82) is 0 Å². The van der Waals surface area contributed by atoms with Crippen LogP contribution >= 0.6 is 11.3 Å². The number of rotatable bonds is 4. The van der Waals surface area contributed by atoms with E-state index in [0.717, 1.165) is 18.1 Å². The fraction of sp³-hybridized carbons (Fsp3) is 0.750. The number of fused-ring (bicyclic) bond motifs is 2. The summed E-state index contributed by atoms with van der Waals surface area (Å²) in [4.78, 5) is 2.86. The van der Waals surface area contributed by atoms with Gasteiger partial charge < -0.3 is 5.32 Å². The van der Waals surface area contributed by atoms with Crippen LogP contribution in [0.1, 0.15) is 44.6 Å². The molecule has 2 bridgehead atoms. The predicted octanol–water partition coefficient (Wildman–Crippen LogP) is 3.28. The maximum absolute atomic E-state index is 3.51. The average molecular weight is 278 g/mol. The maximum atomic E-state index is 3.51. The molecule has 0 aliphatic carbocycles. The Bertz CT molecular complexity index is 375. The van der Waals surface area contributed by atoms with Crippen LogP contribution in [0.2, 0.25) is 0 Å². The second-order valence-electron chi connectivity index (χ2n) is 6.33. The van der Waals surface area contributed by atoms with Crippen LogP contribution in [0.3, 0.4) is 0 Å². The van der Waals surface area contributed by atoms with Crippen molar-refractivity contribution < 1.29 is 0 Å². The van der Waals surface area contributed by atoms with Gasteiger partial charge in [0.1, 0.15) is 0 Å². The van der Waals surface area contributed by atoms with Gasteiger partial charge in [-0.25, -0.2) is 0 Å². The highest BCUT2D eigenvalue weighted by molar-refractivity contribution is 7.07. The Morgan fingerprint density at radius 3 is 2.68 bits per heavy atom. The predicted molar refractivity (Wildman–Crippen MR) is 82.8 cm³/mol. The van der Waals surface area contributed by atoms with Crippen LogP contribution in [0.15, 0.2) is 16.8 Å². The first-order valence-corrected chi connectivity index (χ1v) is 8.68. The Labute approximate surface area is 121 Å². The van der Waals surface area contributed by atoms with Gasteiger partial charge >= 0.3 is 0 Å². The molecule has 2 aliphatic rings. The Hall–Kier alpha value is -0.380. The monoisotopic (exact) mass is 278 g/mol. The molecule has 3 atom stereocenters. The van der Waals surface area contributed by atoms with Gasteiger partial charge in [0.25, 0.3) is 0 Å². The van der Waals surface area contributed by atoms with Crippen molar-refractivity contribution in [3.63, 3.8) is 0 Å². The summed E-state index contributed by atoms with van der Waals surface area (Å²) in [6.45, 7) is 2.43. The van der Waals surface area contributed by atoms with Crippen molar-refractivity contribution in [3.05, 3.63) is 22.4 Å². The molecule has 3 rings (SSSR count). The topological polar surface area (TPSA) is 15.3 Å². The largest absolute Gasteiger partial charge is 0.317 e. The van der Waals surface area contributed by atoms with Gasteiger partial charge in [-0.1, -0.05) is 6.42 Å². The van der Waals surface area contributed by atoms with E-state index in [9.17, 15) is 0 Å². The van der Waals surface area contributed by atoms with E-state index in [1.165, 1.54) is 44.1 Å². The molecular weight excluding hydrogens is 252 g/mol. The zero-order valence-electron chi connectivity index (χ0n) is 12.1. The quantitative estimate of drug-likeness (QED) is 0.909. The van der Waals surface area contributed by atoms with Gasteiger partial charge in [0.05, 0.1) is 0 Å². The third-order valence-corrected chi connectivity index (χ3v) is 5.79. The molecule has 3 heterocycles. The summed E-state index contributed by atoms with van der Waals surface area (Å²) in [5, 5.41) is 8.03. The number of hydrogen-bond acceptors (Lipinski definition) is 3. The summed E-state index contributed by atoms with van der Waals surface area (Å²) in [5.74, 6) is 0. The van der Waals surface area contributed by atoms with Crippen LogP contribution in [0, 0.1) is 0 Å². The first kappa shape index (κ1) is 13.6. The molecule has 2 nitrogen and oxygen atoms in total. The number of nitrogens with zero attached hydrogens (tertiary/aromatic N) is 1. The van der Waals surface area contributed by atoms with Gasteiger partial charge in [-0.05, 0) is 68.5 Å². The van der Waals surface area contributed by atoms with E-state index < -0.39 is 0 Å². The molecule has 0 spiro atoms. The van der Waals surface area contributed by atoms with E-state index in [4.69, 9.17) is 0 Å². The van der Waals surface area contributed by atoms with Crippen LogP contribution in [-0.4, -0.2) is 36.1 Å². The lowest BCUT2D eigenvalue weighted by Gasteiger charge is -2.51. The first-order valence-electron chi connectivity index (χ1n) is 7.73. The summed E-state index contributed by atoms with van der Waals surface area (Å²) in [6.07, 6.45) is 8.17. The summed E-state index contributed by atoms with van der Waals surface area (Å²) in [7, 11) is 2.13. The highest BCUT2D eigenvalue weighted by Crippen LogP contribution is 2.36. The van der Waals surface area contributed by atoms with E-state index in [2.05, 4.69) is 41.0 Å². The minimum Gasteiger partial charge on any atom is -0.317 e. The van der Waals surface area contributed by atoms with E-state index in [-0.39, 0.29) is 0 Å². The fourth-order valence-corrected chi connectivity index (χ4v) is 4.91. The molecule has 1 N–H and O–H groups in total. The maximum Gasteiger partial charge on any atom is 0.0116 e. The molecule has 106 valence electrons. The first-order chi connectivity index (χ1) is 9.28. The van der Waals surface area contributed by atoms with E-state index in [0.29, 0.717) is 6.04 Å². The molecule has 0 amide bonds. The lowest BCUT2D eigenvalue weighted by molar-refractivity contribution is -0.00401. The Kier molecular flexibility index (Phi) is 4.25. The summed E-state index contributed by atoms with van der Waals surface area (Å²) < 4.78 is 0. The molecule has 1 aromatic rings. The SMILES string of the molecule is CNC1CC2CCCC(C1)N2C(C)Cc1ccsc1. The Morgan fingerprint density at radius 1 is 1.37 bits per heavy atom. The van der Waals surface area contributed by atoms with Crippen LogP contribution in [0.25, 0.3) is 0 Å². The minimum absolute atomic E-state index is 0.697. The lowest BCUT2D eigenvalue weighted by Crippen LogP contribution is -2.59. The molecule has 2 saturated heterocycles. The van der Waals surface area contributed by atoms with Crippen molar-refractivity contribution in [2.75, 3.05) is 7.05 Å². The second-order valence-corrected chi connectivity index (χ2v) is 7.11. The van der Waals surface area contributed by atoms with Crippen molar-refractivity contribution in [2.45, 2.75) is 69.6 Å².